The molecular weight excluding hydrogens is 342 g/mol. The molecule has 2 aromatic rings. The number of anilines is 1. The molecule has 0 radical (unpaired) electrons. The van der Waals surface area contributed by atoms with Gasteiger partial charge in [0.15, 0.2) is 12.7 Å². The van der Waals surface area contributed by atoms with Crippen molar-refractivity contribution in [1.82, 2.24) is 0 Å². The average Bonchev–Trinajstić information content (AvgIpc) is 2.57. The number of carbonyl (C=O) groups is 2. The Labute approximate surface area is 151 Å². The van der Waals surface area contributed by atoms with Crippen molar-refractivity contribution in [3.63, 3.8) is 0 Å². The standard InChI is InChI=1S/C19H20ClNO4/c1-12-4-7-15(8-5-12)21-19(23)14(3)25-18(22)11-24-17-10-13(2)6-9-16(17)20/h4-10,14H,11H2,1-3H3,(H,21,23)/t14-/m0/s1. The van der Waals surface area contributed by atoms with Gasteiger partial charge in [-0.3, -0.25) is 4.79 Å². The summed E-state index contributed by atoms with van der Waals surface area (Å²) in [6.07, 6.45) is -0.939. The minimum Gasteiger partial charge on any atom is -0.480 e. The second-order valence-electron chi connectivity index (χ2n) is 5.71. The highest BCUT2D eigenvalue weighted by molar-refractivity contribution is 6.32. The van der Waals surface area contributed by atoms with Crippen molar-refractivity contribution in [1.29, 1.82) is 0 Å². The molecule has 0 spiro atoms. The van der Waals surface area contributed by atoms with Crippen molar-refractivity contribution >= 4 is 29.2 Å². The van der Waals surface area contributed by atoms with E-state index >= 15 is 0 Å². The second kappa shape index (κ2) is 8.53. The highest BCUT2D eigenvalue weighted by Gasteiger charge is 2.18. The fourth-order valence-electron chi connectivity index (χ4n) is 2.02. The van der Waals surface area contributed by atoms with E-state index in [0.717, 1.165) is 11.1 Å². The first-order valence-corrected chi connectivity index (χ1v) is 8.19. The van der Waals surface area contributed by atoms with Crippen LogP contribution in [0, 0.1) is 13.8 Å². The summed E-state index contributed by atoms with van der Waals surface area (Å²) in [6, 6.07) is 12.6. The first kappa shape index (κ1) is 18.8. The van der Waals surface area contributed by atoms with Crippen LogP contribution in [0.1, 0.15) is 18.1 Å². The number of esters is 1. The number of ether oxygens (including phenoxy) is 2. The average molecular weight is 362 g/mol. The molecule has 132 valence electrons. The Kier molecular flexibility index (Phi) is 6.42. The quantitative estimate of drug-likeness (QED) is 0.792. The number of rotatable bonds is 6. The maximum atomic E-state index is 12.1. The molecule has 2 aromatic carbocycles. The van der Waals surface area contributed by atoms with Crippen LogP contribution in [0.2, 0.25) is 5.02 Å². The van der Waals surface area contributed by atoms with E-state index in [4.69, 9.17) is 21.1 Å². The molecule has 0 saturated carbocycles. The van der Waals surface area contributed by atoms with Gasteiger partial charge in [0.1, 0.15) is 5.75 Å². The minimum atomic E-state index is -0.939. The van der Waals surface area contributed by atoms with Gasteiger partial charge in [-0.25, -0.2) is 4.79 Å². The van der Waals surface area contributed by atoms with Gasteiger partial charge in [-0.15, -0.1) is 0 Å². The van der Waals surface area contributed by atoms with Crippen LogP contribution in [0.3, 0.4) is 0 Å². The fraction of sp³-hybridized carbons (Fsp3) is 0.263. The SMILES string of the molecule is Cc1ccc(NC(=O)[C@H](C)OC(=O)COc2cc(C)ccc2Cl)cc1. The summed E-state index contributed by atoms with van der Waals surface area (Å²) in [6.45, 7) is 5.02. The van der Waals surface area contributed by atoms with E-state index in [9.17, 15) is 9.59 Å². The number of hydrogen-bond acceptors (Lipinski definition) is 4. The highest BCUT2D eigenvalue weighted by atomic mass is 35.5. The predicted molar refractivity (Wildman–Crippen MR) is 97.0 cm³/mol. The lowest BCUT2D eigenvalue weighted by Crippen LogP contribution is -2.31. The molecule has 0 heterocycles. The van der Waals surface area contributed by atoms with Crippen LogP contribution in [-0.4, -0.2) is 24.6 Å². The lowest BCUT2D eigenvalue weighted by molar-refractivity contribution is -0.155. The first-order chi connectivity index (χ1) is 11.8. The molecule has 0 bridgehead atoms. The molecule has 1 amide bonds. The van der Waals surface area contributed by atoms with Crippen LogP contribution < -0.4 is 10.1 Å². The smallest absolute Gasteiger partial charge is 0.344 e. The van der Waals surface area contributed by atoms with Crippen LogP contribution >= 0.6 is 11.6 Å². The van der Waals surface area contributed by atoms with E-state index in [1.165, 1.54) is 6.92 Å². The second-order valence-corrected chi connectivity index (χ2v) is 6.12. The minimum absolute atomic E-state index is 0.328. The fourth-order valence-corrected chi connectivity index (χ4v) is 2.20. The molecular formula is C19H20ClNO4. The van der Waals surface area contributed by atoms with Gasteiger partial charge in [-0.2, -0.15) is 0 Å². The zero-order chi connectivity index (χ0) is 18.4. The van der Waals surface area contributed by atoms with Crippen molar-refractivity contribution < 1.29 is 19.1 Å². The first-order valence-electron chi connectivity index (χ1n) is 7.81. The summed E-state index contributed by atoms with van der Waals surface area (Å²) in [5.74, 6) is -0.662. The number of amides is 1. The van der Waals surface area contributed by atoms with Gasteiger partial charge < -0.3 is 14.8 Å². The highest BCUT2D eigenvalue weighted by Crippen LogP contribution is 2.25. The van der Waals surface area contributed by atoms with Crippen LogP contribution in [0.15, 0.2) is 42.5 Å². The monoisotopic (exact) mass is 361 g/mol. The zero-order valence-corrected chi connectivity index (χ0v) is 15.1. The number of aryl methyl sites for hydroxylation is 2. The van der Waals surface area contributed by atoms with Crippen molar-refractivity contribution in [2.24, 2.45) is 0 Å². The van der Waals surface area contributed by atoms with Crippen LogP contribution in [0.25, 0.3) is 0 Å². The van der Waals surface area contributed by atoms with E-state index in [0.29, 0.717) is 16.5 Å². The lowest BCUT2D eigenvalue weighted by Gasteiger charge is -2.14. The van der Waals surface area contributed by atoms with Crippen molar-refractivity contribution in [2.75, 3.05) is 11.9 Å². The van der Waals surface area contributed by atoms with E-state index in [1.807, 2.05) is 32.0 Å². The number of carbonyl (C=O) groups excluding carboxylic acids is 2. The Morgan fingerprint density at radius 3 is 2.40 bits per heavy atom. The van der Waals surface area contributed by atoms with Gasteiger partial charge in [0.05, 0.1) is 5.02 Å². The third kappa shape index (κ3) is 5.80. The molecule has 0 aliphatic rings. The maximum Gasteiger partial charge on any atom is 0.344 e. The molecule has 1 atom stereocenters. The molecule has 0 aliphatic heterocycles. The van der Waals surface area contributed by atoms with Crippen LogP contribution in [-0.2, 0) is 14.3 Å². The van der Waals surface area contributed by atoms with Gasteiger partial charge in [0.25, 0.3) is 5.91 Å². The summed E-state index contributed by atoms with van der Waals surface area (Å²) >= 11 is 6.00. The summed E-state index contributed by atoms with van der Waals surface area (Å²) in [7, 11) is 0. The summed E-state index contributed by atoms with van der Waals surface area (Å²) in [5, 5.41) is 3.09. The Hall–Kier alpha value is -2.53. The molecule has 25 heavy (non-hydrogen) atoms. The molecule has 5 nitrogen and oxygen atoms in total. The van der Waals surface area contributed by atoms with Gasteiger partial charge >= 0.3 is 5.97 Å². The number of benzene rings is 2. The Bertz CT molecular complexity index is 759. The third-order valence-corrected chi connectivity index (χ3v) is 3.74. The number of halogens is 1. The number of hydrogen-bond donors (Lipinski definition) is 1. The lowest BCUT2D eigenvalue weighted by atomic mass is 10.2. The van der Waals surface area contributed by atoms with E-state index < -0.39 is 18.0 Å². The largest absolute Gasteiger partial charge is 0.480 e. The topological polar surface area (TPSA) is 64.6 Å². The molecule has 2 rings (SSSR count). The molecule has 0 aliphatic carbocycles. The summed E-state index contributed by atoms with van der Waals surface area (Å²) in [5.41, 5.74) is 2.68. The molecule has 0 fully saturated rings. The molecule has 6 heteroatoms. The van der Waals surface area contributed by atoms with E-state index in [-0.39, 0.29) is 6.61 Å². The number of nitrogens with one attached hydrogen (secondary N) is 1. The molecule has 0 aromatic heterocycles. The predicted octanol–water partition coefficient (Wildman–Crippen LogP) is 3.91. The van der Waals surface area contributed by atoms with Crippen LogP contribution in [0.4, 0.5) is 5.69 Å². The Balaban J connectivity index is 1.83. The van der Waals surface area contributed by atoms with Gasteiger partial charge in [-0.05, 0) is 50.6 Å². The van der Waals surface area contributed by atoms with Crippen molar-refractivity contribution in [2.45, 2.75) is 26.9 Å². The van der Waals surface area contributed by atoms with Gasteiger partial charge in [-0.1, -0.05) is 35.4 Å². The molecule has 1 N–H and O–H groups in total. The van der Waals surface area contributed by atoms with Crippen LogP contribution in [0.5, 0.6) is 5.75 Å². The molecule has 0 saturated heterocycles. The van der Waals surface area contributed by atoms with Crippen molar-refractivity contribution in [3.05, 3.63) is 58.6 Å². The Morgan fingerprint density at radius 1 is 1.08 bits per heavy atom. The van der Waals surface area contributed by atoms with Gasteiger partial charge in [0, 0.05) is 5.69 Å². The van der Waals surface area contributed by atoms with E-state index in [1.54, 1.807) is 24.3 Å². The molecule has 0 unspecified atom stereocenters. The third-order valence-electron chi connectivity index (χ3n) is 3.43. The normalized spacial score (nSPS) is 11.5. The van der Waals surface area contributed by atoms with E-state index in [2.05, 4.69) is 5.32 Å². The Morgan fingerprint density at radius 2 is 1.72 bits per heavy atom. The van der Waals surface area contributed by atoms with Crippen molar-refractivity contribution in [3.8, 4) is 5.75 Å². The maximum absolute atomic E-state index is 12.1. The zero-order valence-electron chi connectivity index (χ0n) is 14.3. The van der Waals surface area contributed by atoms with Gasteiger partial charge in [0.2, 0.25) is 0 Å². The summed E-state index contributed by atoms with van der Waals surface area (Å²) < 4.78 is 10.4. The summed E-state index contributed by atoms with van der Waals surface area (Å²) in [4.78, 5) is 23.9.